The fourth-order valence-corrected chi connectivity index (χ4v) is 1.12. The van der Waals surface area contributed by atoms with E-state index < -0.39 is 0 Å². The van der Waals surface area contributed by atoms with Crippen LogP contribution in [-0.4, -0.2) is 12.0 Å². The zero-order valence-corrected chi connectivity index (χ0v) is 8.70. The van der Waals surface area contributed by atoms with Crippen molar-refractivity contribution in [2.24, 2.45) is 0 Å². The van der Waals surface area contributed by atoms with E-state index in [4.69, 9.17) is 4.74 Å². The van der Waals surface area contributed by atoms with Crippen molar-refractivity contribution < 1.29 is 9.53 Å². The summed E-state index contributed by atoms with van der Waals surface area (Å²) in [4.78, 5) is 10.9. The molecule has 0 saturated heterocycles. The molecule has 1 N–H and O–H groups in total. The number of ether oxygens (including phenoxy) is 1. The van der Waals surface area contributed by atoms with Gasteiger partial charge in [0.1, 0.15) is 5.75 Å². The van der Waals surface area contributed by atoms with Gasteiger partial charge in [-0.1, -0.05) is 12.1 Å². The summed E-state index contributed by atoms with van der Waals surface area (Å²) in [5, 5.41) is 2.71. The number of amides is 1. The third-order valence-electron chi connectivity index (χ3n) is 1.56. The van der Waals surface area contributed by atoms with E-state index in [1.807, 2.05) is 38.1 Å². The van der Waals surface area contributed by atoms with Crippen LogP contribution >= 0.6 is 0 Å². The van der Waals surface area contributed by atoms with Crippen LogP contribution in [0.25, 0.3) is 0 Å². The average Bonchev–Trinajstić information content (AvgIpc) is 2.06. The Morgan fingerprint density at radius 1 is 1.36 bits per heavy atom. The molecule has 0 spiro atoms. The minimum absolute atomic E-state index is 0.0928. The van der Waals surface area contributed by atoms with Crippen molar-refractivity contribution in [1.29, 1.82) is 0 Å². The van der Waals surface area contributed by atoms with Crippen molar-refractivity contribution >= 4 is 11.6 Å². The molecule has 0 unspecified atom stereocenters. The Hall–Kier alpha value is -1.51. The van der Waals surface area contributed by atoms with Crippen molar-refractivity contribution in [3.05, 3.63) is 24.3 Å². The Morgan fingerprint density at radius 2 is 2.00 bits per heavy atom. The maximum atomic E-state index is 10.9. The molecule has 14 heavy (non-hydrogen) atoms. The average molecular weight is 193 g/mol. The van der Waals surface area contributed by atoms with Crippen LogP contribution in [0.15, 0.2) is 24.3 Å². The normalized spacial score (nSPS) is 10.0. The lowest BCUT2D eigenvalue weighted by Gasteiger charge is -2.13. The number of carbonyl (C=O) groups is 1. The number of hydrogen-bond donors (Lipinski definition) is 1. The highest BCUT2D eigenvalue weighted by Crippen LogP contribution is 2.24. The molecule has 0 aliphatic rings. The van der Waals surface area contributed by atoms with E-state index in [9.17, 15) is 4.79 Å². The summed E-state index contributed by atoms with van der Waals surface area (Å²) >= 11 is 0. The van der Waals surface area contributed by atoms with Gasteiger partial charge < -0.3 is 10.1 Å². The number of benzene rings is 1. The molecule has 0 radical (unpaired) electrons. The van der Waals surface area contributed by atoms with Crippen LogP contribution in [-0.2, 0) is 4.79 Å². The number of nitrogens with one attached hydrogen (secondary N) is 1. The highest BCUT2D eigenvalue weighted by molar-refractivity contribution is 5.90. The topological polar surface area (TPSA) is 38.3 Å². The van der Waals surface area contributed by atoms with Crippen LogP contribution in [0.1, 0.15) is 20.8 Å². The van der Waals surface area contributed by atoms with Crippen molar-refractivity contribution in [2.75, 3.05) is 5.32 Å². The minimum atomic E-state index is -0.0928. The molecule has 0 fully saturated rings. The number of anilines is 1. The maximum absolute atomic E-state index is 10.9. The number of hydrogen-bond acceptors (Lipinski definition) is 2. The molecule has 0 heterocycles. The van der Waals surface area contributed by atoms with E-state index in [1.165, 1.54) is 6.92 Å². The van der Waals surface area contributed by atoms with Crippen LogP contribution in [0, 0.1) is 0 Å². The van der Waals surface area contributed by atoms with Gasteiger partial charge in [0, 0.05) is 6.92 Å². The van der Waals surface area contributed by atoms with Gasteiger partial charge in [0.05, 0.1) is 11.8 Å². The van der Waals surface area contributed by atoms with Crippen LogP contribution in [0.4, 0.5) is 5.69 Å². The molecule has 0 atom stereocenters. The van der Waals surface area contributed by atoms with E-state index in [0.717, 1.165) is 0 Å². The Labute approximate surface area is 84.1 Å². The summed E-state index contributed by atoms with van der Waals surface area (Å²) in [6.45, 7) is 5.38. The highest BCUT2D eigenvalue weighted by atomic mass is 16.5. The van der Waals surface area contributed by atoms with Gasteiger partial charge in [-0.05, 0) is 26.0 Å². The summed E-state index contributed by atoms with van der Waals surface area (Å²) in [6, 6.07) is 7.39. The number of rotatable bonds is 3. The molecule has 1 rings (SSSR count). The second-order valence-corrected chi connectivity index (χ2v) is 3.34. The summed E-state index contributed by atoms with van der Waals surface area (Å²) in [7, 11) is 0. The molecule has 0 aliphatic carbocycles. The third-order valence-corrected chi connectivity index (χ3v) is 1.56. The molecule has 3 heteroatoms. The third kappa shape index (κ3) is 3.09. The van der Waals surface area contributed by atoms with Gasteiger partial charge in [-0.2, -0.15) is 0 Å². The van der Waals surface area contributed by atoms with E-state index in [0.29, 0.717) is 11.4 Å². The monoisotopic (exact) mass is 193 g/mol. The van der Waals surface area contributed by atoms with Gasteiger partial charge in [-0.15, -0.1) is 0 Å². The molecule has 1 aromatic carbocycles. The first-order valence-electron chi connectivity index (χ1n) is 4.63. The predicted octanol–water partition coefficient (Wildman–Crippen LogP) is 2.43. The molecule has 0 bridgehead atoms. The van der Waals surface area contributed by atoms with Gasteiger partial charge in [0.25, 0.3) is 0 Å². The lowest BCUT2D eigenvalue weighted by molar-refractivity contribution is -0.114. The summed E-state index contributed by atoms with van der Waals surface area (Å²) in [6.07, 6.45) is 0.102. The standard InChI is InChI=1S/C11H15NO2/c1-8(2)14-11-7-5-4-6-10(11)12-9(3)13/h4-8H,1-3H3,(H,12,13). The highest BCUT2D eigenvalue weighted by Gasteiger charge is 2.05. The van der Waals surface area contributed by atoms with Gasteiger partial charge in [0.15, 0.2) is 0 Å². The van der Waals surface area contributed by atoms with Gasteiger partial charge in [-0.25, -0.2) is 0 Å². The molecule has 1 amide bonds. The molecule has 0 aromatic heterocycles. The number of carbonyl (C=O) groups excluding carboxylic acids is 1. The predicted molar refractivity (Wildman–Crippen MR) is 56.5 cm³/mol. The first-order valence-corrected chi connectivity index (χ1v) is 4.63. The fourth-order valence-electron chi connectivity index (χ4n) is 1.12. The molecular formula is C11H15NO2. The lowest BCUT2D eigenvalue weighted by atomic mass is 10.3. The van der Waals surface area contributed by atoms with Crippen LogP contribution < -0.4 is 10.1 Å². The molecule has 0 aliphatic heterocycles. The zero-order chi connectivity index (χ0) is 10.6. The fraction of sp³-hybridized carbons (Fsp3) is 0.364. The van der Waals surface area contributed by atoms with E-state index >= 15 is 0 Å². The largest absolute Gasteiger partial charge is 0.489 e. The smallest absolute Gasteiger partial charge is 0.221 e. The quantitative estimate of drug-likeness (QED) is 0.800. The second kappa shape index (κ2) is 4.65. The molecule has 0 saturated carbocycles. The zero-order valence-electron chi connectivity index (χ0n) is 8.70. The Balaban J connectivity index is 2.85. The molecular weight excluding hydrogens is 178 g/mol. The van der Waals surface area contributed by atoms with Crippen molar-refractivity contribution in [1.82, 2.24) is 0 Å². The van der Waals surface area contributed by atoms with E-state index in [-0.39, 0.29) is 12.0 Å². The maximum Gasteiger partial charge on any atom is 0.221 e. The first-order chi connectivity index (χ1) is 6.59. The van der Waals surface area contributed by atoms with Crippen LogP contribution in [0.2, 0.25) is 0 Å². The Morgan fingerprint density at radius 3 is 2.57 bits per heavy atom. The first kappa shape index (κ1) is 10.6. The van der Waals surface area contributed by atoms with E-state index in [2.05, 4.69) is 5.32 Å². The minimum Gasteiger partial charge on any atom is -0.489 e. The number of para-hydroxylation sites is 2. The molecule has 76 valence electrons. The van der Waals surface area contributed by atoms with E-state index in [1.54, 1.807) is 0 Å². The lowest BCUT2D eigenvalue weighted by Crippen LogP contribution is -2.11. The molecule has 3 nitrogen and oxygen atoms in total. The Kier molecular flexibility index (Phi) is 3.51. The summed E-state index contributed by atoms with van der Waals surface area (Å²) < 4.78 is 5.53. The van der Waals surface area contributed by atoms with Crippen LogP contribution in [0.3, 0.4) is 0 Å². The SMILES string of the molecule is CC(=O)Nc1ccccc1OC(C)C. The van der Waals surface area contributed by atoms with Crippen LogP contribution in [0.5, 0.6) is 5.75 Å². The van der Waals surface area contributed by atoms with Gasteiger partial charge in [-0.3, -0.25) is 4.79 Å². The van der Waals surface area contributed by atoms with Gasteiger partial charge in [0.2, 0.25) is 5.91 Å². The van der Waals surface area contributed by atoms with Crippen molar-refractivity contribution in [2.45, 2.75) is 26.9 Å². The van der Waals surface area contributed by atoms with Crippen molar-refractivity contribution in [3.8, 4) is 5.75 Å². The van der Waals surface area contributed by atoms with Crippen molar-refractivity contribution in [3.63, 3.8) is 0 Å². The summed E-state index contributed by atoms with van der Waals surface area (Å²) in [5.74, 6) is 0.613. The van der Waals surface area contributed by atoms with Gasteiger partial charge >= 0.3 is 0 Å². The summed E-state index contributed by atoms with van der Waals surface area (Å²) in [5.41, 5.74) is 0.716. The second-order valence-electron chi connectivity index (χ2n) is 3.34. The molecule has 1 aromatic rings. The Bertz CT molecular complexity index is 321.